The Labute approximate surface area is 235 Å². The van der Waals surface area contributed by atoms with Crippen molar-refractivity contribution >= 4 is 17.0 Å². The number of esters is 1. The number of carbonyl (C=O) groups is 1. The maximum Gasteiger partial charge on any atom is 0.312 e. The first-order valence-electron chi connectivity index (χ1n) is 13.8. The van der Waals surface area contributed by atoms with E-state index in [1.54, 1.807) is 10.9 Å². The molecule has 3 aromatic heterocycles. The summed E-state index contributed by atoms with van der Waals surface area (Å²) in [5.41, 5.74) is 6.82. The summed E-state index contributed by atoms with van der Waals surface area (Å²) < 4.78 is 13.3. The highest BCUT2D eigenvalue weighted by Gasteiger charge is 2.42. The zero-order valence-corrected chi connectivity index (χ0v) is 24.4. The van der Waals surface area contributed by atoms with Gasteiger partial charge in [0.1, 0.15) is 17.4 Å². The second-order valence-electron chi connectivity index (χ2n) is 11.3. The maximum atomic E-state index is 13.2. The van der Waals surface area contributed by atoms with Gasteiger partial charge in [0, 0.05) is 56.3 Å². The van der Waals surface area contributed by atoms with E-state index >= 15 is 0 Å². The number of nitrogens with zero attached hydrogens (tertiary/aromatic N) is 6. The zero-order chi connectivity index (χ0) is 28.6. The van der Waals surface area contributed by atoms with Crippen molar-refractivity contribution in [3.63, 3.8) is 0 Å². The van der Waals surface area contributed by atoms with E-state index < -0.39 is 5.41 Å². The number of fused-ring (bicyclic) bond motifs is 2. The molecule has 0 aliphatic carbocycles. The van der Waals surface area contributed by atoms with Crippen LogP contribution in [-0.2, 0) is 29.7 Å². The van der Waals surface area contributed by atoms with Crippen molar-refractivity contribution in [3.05, 3.63) is 76.4 Å². The molecule has 0 saturated heterocycles. The van der Waals surface area contributed by atoms with Crippen molar-refractivity contribution < 1.29 is 14.3 Å². The molecule has 1 aliphatic heterocycles. The highest BCUT2D eigenvalue weighted by molar-refractivity contribution is 5.82. The van der Waals surface area contributed by atoms with Gasteiger partial charge in [-0.15, -0.1) is 5.10 Å². The molecule has 1 aliphatic rings. The van der Waals surface area contributed by atoms with Crippen LogP contribution in [0.25, 0.3) is 11.0 Å². The summed E-state index contributed by atoms with van der Waals surface area (Å²) in [6.45, 7) is 12.3. The standard InChI is InChI=1S/C31H38N6O3/c1-8-22-17-37(16-21-15-32-14-13-27(21)40-22)18-25-19(2)9-11-24(33-25)28(31(4,5)30(38)39-7)23-10-12-26-29(20(23)3)34-35-36(26)6/h9-15,22,28H,8,16-18H2,1-7H3/t22-,28?/m1/s1. The Morgan fingerprint density at radius 3 is 2.75 bits per heavy atom. The van der Waals surface area contributed by atoms with E-state index in [4.69, 9.17) is 14.5 Å². The van der Waals surface area contributed by atoms with E-state index in [0.29, 0.717) is 6.54 Å². The number of hydrogen-bond acceptors (Lipinski definition) is 8. The molecule has 0 spiro atoms. The minimum Gasteiger partial charge on any atom is -0.489 e. The number of rotatable bonds is 7. The van der Waals surface area contributed by atoms with Gasteiger partial charge in [0.2, 0.25) is 0 Å². The molecule has 0 saturated carbocycles. The molecule has 2 atom stereocenters. The average molecular weight is 543 g/mol. The Kier molecular flexibility index (Phi) is 7.59. The normalized spacial score (nSPS) is 16.7. The van der Waals surface area contributed by atoms with Crippen LogP contribution < -0.4 is 4.74 Å². The number of ether oxygens (including phenoxy) is 2. The first-order chi connectivity index (χ1) is 19.1. The molecule has 4 heterocycles. The third-order valence-corrected chi connectivity index (χ3v) is 8.18. The van der Waals surface area contributed by atoms with Gasteiger partial charge in [0.15, 0.2) is 0 Å². The Hall–Kier alpha value is -3.85. The molecule has 0 amide bonds. The number of carbonyl (C=O) groups excluding carboxylic acids is 1. The van der Waals surface area contributed by atoms with Crippen molar-refractivity contribution in [2.24, 2.45) is 12.5 Å². The molecular formula is C31H38N6O3. The smallest absolute Gasteiger partial charge is 0.312 e. The van der Waals surface area contributed by atoms with Crippen molar-refractivity contribution in [1.82, 2.24) is 29.9 Å². The number of aromatic nitrogens is 5. The minimum atomic E-state index is -0.886. The lowest BCUT2D eigenvalue weighted by molar-refractivity contribution is -0.151. The molecule has 1 unspecified atom stereocenters. The van der Waals surface area contributed by atoms with Crippen LogP contribution in [0.4, 0.5) is 0 Å². The first kappa shape index (κ1) is 27.7. The van der Waals surface area contributed by atoms with Crippen LogP contribution in [0.1, 0.15) is 66.8 Å². The highest BCUT2D eigenvalue weighted by Crippen LogP contribution is 2.43. The van der Waals surface area contributed by atoms with E-state index in [0.717, 1.165) is 69.9 Å². The fourth-order valence-corrected chi connectivity index (χ4v) is 5.77. The van der Waals surface area contributed by atoms with Crippen LogP contribution in [0.5, 0.6) is 5.75 Å². The molecule has 40 heavy (non-hydrogen) atoms. The number of pyridine rings is 2. The van der Waals surface area contributed by atoms with Crippen molar-refractivity contribution in [1.29, 1.82) is 0 Å². The molecule has 0 N–H and O–H groups in total. The van der Waals surface area contributed by atoms with Gasteiger partial charge < -0.3 is 9.47 Å². The first-order valence-corrected chi connectivity index (χ1v) is 13.8. The summed E-state index contributed by atoms with van der Waals surface area (Å²) in [4.78, 5) is 25.1. The third kappa shape index (κ3) is 5.06. The zero-order valence-electron chi connectivity index (χ0n) is 24.4. The van der Waals surface area contributed by atoms with Gasteiger partial charge in [-0.3, -0.25) is 19.7 Å². The van der Waals surface area contributed by atoms with Crippen LogP contribution in [-0.4, -0.2) is 55.6 Å². The Morgan fingerprint density at radius 1 is 1.20 bits per heavy atom. The minimum absolute atomic E-state index is 0.0829. The molecule has 0 radical (unpaired) electrons. The van der Waals surface area contributed by atoms with Gasteiger partial charge in [-0.1, -0.05) is 24.3 Å². The predicted molar refractivity (Wildman–Crippen MR) is 153 cm³/mol. The summed E-state index contributed by atoms with van der Waals surface area (Å²) in [6.07, 6.45) is 4.65. The van der Waals surface area contributed by atoms with Gasteiger partial charge in [-0.25, -0.2) is 4.68 Å². The predicted octanol–water partition coefficient (Wildman–Crippen LogP) is 4.88. The van der Waals surface area contributed by atoms with Gasteiger partial charge >= 0.3 is 5.97 Å². The Morgan fingerprint density at radius 2 is 2.00 bits per heavy atom. The number of benzene rings is 1. The highest BCUT2D eigenvalue weighted by atomic mass is 16.5. The second-order valence-corrected chi connectivity index (χ2v) is 11.3. The van der Waals surface area contributed by atoms with Crippen molar-refractivity contribution in [3.8, 4) is 5.75 Å². The molecule has 9 nitrogen and oxygen atoms in total. The molecule has 5 rings (SSSR count). The monoisotopic (exact) mass is 542 g/mol. The van der Waals surface area contributed by atoms with Gasteiger partial charge in [-0.05, 0) is 69.0 Å². The fourth-order valence-electron chi connectivity index (χ4n) is 5.77. The Balaban J connectivity index is 1.57. The van der Waals surface area contributed by atoms with E-state index in [9.17, 15) is 4.79 Å². The van der Waals surface area contributed by atoms with Crippen LogP contribution in [0.3, 0.4) is 0 Å². The van der Waals surface area contributed by atoms with Crippen molar-refractivity contribution in [2.45, 2.75) is 66.2 Å². The third-order valence-electron chi connectivity index (χ3n) is 8.18. The summed E-state index contributed by atoms with van der Waals surface area (Å²) in [5.74, 6) is 0.253. The lowest BCUT2D eigenvalue weighted by Gasteiger charge is -2.33. The summed E-state index contributed by atoms with van der Waals surface area (Å²) >= 11 is 0. The summed E-state index contributed by atoms with van der Waals surface area (Å²) in [6, 6.07) is 10.2. The van der Waals surface area contributed by atoms with Gasteiger partial charge in [-0.2, -0.15) is 0 Å². The number of hydrogen-bond donors (Lipinski definition) is 0. The van der Waals surface area contributed by atoms with Crippen LogP contribution >= 0.6 is 0 Å². The molecule has 0 bridgehead atoms. The Bertz CT molecular complexity index is 1550. The molecule has 0 fully saturated rings. The maximum absolute atomic E-state index is 13.2. The molecule has 4 aromatic rings. The van der Waals surface area contributed by atoms with Crippen LogP contribution in [0.2, 0.25) is 0 Å². The van der Waals surface area contributed by atoms with E-state index in [2.05, 4.69) is 46.2 Å². The summed E-state index contributed by atoms with van der Waals surface area (Å²) in [5, 5.41) is 8.62. The average Bonchev–Trinajstić information content (AvgIpc) is 3.22. The van der Waals surface area contributed by atoms with Gasteiger partial charge in [0.25, 0.3) is 0 Å². The number of aryl methyl sites for hydroxylation is 3. The lowest BCUT2D eigenvalue weighted by atomic mass is 9.71. The van der Waals surface area contributed by atoms with Gasteiger partial charge in [0.05, 0.1) is 23.7 Å². The van der Waals surface area contributed by atoms with Crippen LogP contribution in [0.15, 0.2) is 42.7 Å². The van der Waals surface area contributed by atoms with Crippen molar-refractivity contribution in [2.75, 3.05) is 13.7 Å². The number of methoxy groups -OCH3 is 1. The molecule has 210 valence electrons. The second kappa shape index (κ2) is 11.0. The fraction of sp³-hybridized carbons (Fsp3) is 0.452. The largest absolute Gasteiger partial charge is 0.489 e. The van der Waals surface area contributed by atoms with E-state index in [1.807, 2.05) is 52.2 Å². The SMILES string of the molecule is CC[C@@H]1CN(Cc2nc(C(c3ccc4c(nnn4C)c3C)C(C)(C)C(=O)OC)ccc2C)Cc2cnccc2O1. The van der Waals surface area contributed by atoms with E-state index in [-0.39, 0.29) is 18.0 Å². The van der Waals surface area contributed by atoms with E-state index in [1.165, 1.54) is 7.11 Å². The lowest BCUT2D eigenvalue weighted by Crippen LogP contribution is -2.35. The molecule has 1 aromatic carbocycles. The molecular weight excluding hydrogens is 504 g/mol. The molecule has 9 heteroatoms. The summed E-state index contributed by atoms with van der Waals surface area (Å²) in [7, 11) is 3.32. The quantitative estimate of drug-likeness (QED) is 0.305. The van der Waals surface area contributed by atoms with Crippen LogP contribution in [0, 0.1) is 19.3 Å². The topological polar surface area (TPSA) is 95.3 Å².